The molecule has 6 heteroatoms. The fourth-order valence-corrected chi connectivity index (χ4v) is 4.99. The number of carbonyl (C=O) groups is 3. The molecule has 6 nitrogen and oxygen atoms in total. The molecule has 1 saturated heterocycles. The molecule has 1 aromatic rings. The van der Waals surface area contributed by atoms with Crippen LogP contribution in [-0.4, -0.2) is 41.8 Å². The van der Waals surface area contributed by atoms with Crippen molar-refractivity contribution in [3.63, 3.8) is 0 Å². The maximum absolute atomic E-state index is 13.3. The highest BCUT2D eigenvalue weighted by Gasteiger charge is 2.51. The van der Waals surface area contributed by atoms with Gasteiger partial charge in [0.05, 0.1) is 11.8 Å². The predicted molar refractivity (Wildman–Crippen MR) is 117 cm³/mol. The normalized spacial score (nSPS) is 23.7. The first-order valence-electron chi connectivity index (χ1n) is 11.1. The van der Waals surface area contributed by atoms with Crippen LogP contribution in [0.15, 0.2) is 30.4 Å². The van der Waals surface area contributed by atoms with Crippen molar-refractivity contribution in [2.24, 2.45) is 17.8 Å². The van der Waals surface area contributed by atoms with Crippen LogP contribution in [-0.2, 0) is 20.8 Å². The van der Waals surface area contributed by atoms with Gasteiger partial charge in [-0.25, -0.2) is 0 Å². The largest absolute Gasteiger partial charge is 0.371 e. The first kappa shape index (κ1) is 20.6. The second kappa shape index (κ2) is 8.25. The minimum absolute atomic E-state index is 0.178. The van der Waals surface area contributed by atoms with Gasteiger partial charge in [-0.2, -0.15) is 0 Å². The Morgan fingerprint density at radius 1 is 1.13 bits per heavy atom. The molecule has 0 saturated carbocycles. The van der Waals surface area contributed by atoms with Crippen LogP contribution in [0.4, 0.5) is 11.4 Å². The van der Waals surface area contributed by atoms with E-state index in [9.17, 15) is 14.4 Å². The summed E-state index contributed by atoms with van der Waals surface area (Å²) < 4.78 is 0. The van der Waals surface area contributed by atoms with Crippen molar-refractivity contribution in [2.75, 3.05) is 23.3 Å². The Bertz CT molecular complexity index is 866. The lowest BCUT2D eigenvalue weighted by Crippen LogP contribution is -2.48. The highest BCUT2D eigenvalue weighted by Crippen LogP contribution is 2.37. The van der Waals surface area contributed by atoms with Gasteiger partial charge in [0.25, 0.3) is 0 Å². The second-order valence-corrected chi connectivity index (χ2v) is 9.01. The fraction of sp³-hybridized carbons (Fsp3) is 0.542. The van der Waals surface area contributed by atoms with E-state index < -0.39 is 6.04 Å². The van der Waals surface area contributed by atoms with Crippen molar-refractivity contribution in [1.29, 1.82) is 0 Å². The quantitative estimate of drug-likeness (QED) is 0.578. The van der Waals surface area contributed by atoms with Gasteiger partial charge in [-0.05, 0) is 56.2 Å². The standard InChI is InChI=1S/C24H31N3O3/c1-4-26-12-11-16-9-10-17(14-20(16)26)25-22(28)21(13-15(2)3)27-23(29)18-7-5-6-8-19(18)24(27)30/h5-6,9-10,14-15,18-19,21H,4,7-8,11-13H2,1-3H3,(H,25,28). The summed E-state index contributed by atoms with van der Waals surface area (Å²) in [4.78, 5) is 43.0. The third-order valence-corrected chi connectivity index (χ3v) is 6.58. The van der Waals surface area contributed by atoms with Gasteiger partial charge < -0.3 is 10.2 Å². The van der Waals surface area contributed by atoms with E-state index in [0.717, 1.165) is 25.2 Å². The zero-order chi connectivity index (χ0) is 21.4. The van der Waals surface area contributed by atoms with E-state index in [-0.39, 0.29) is 35.5 Å². The van der Waals surface area contributed by atoms with Gasteiger partial charge in [0, 0.05) is 24.5 Å². The number of fused-ring (bicyclic) bond motifs is 2. The molecule has 0 aromatic heterocycles. The minimum Gasteiger partial charge on any atom is -0.371 e. The highest BCUT2D eigenvalue weighted by atomic mass is 16.2. The fourth-order valence-electron chi connectivity index (χ4n) is 4.99. The number of amides is 3. The number of imide groups is 1. The summed E-state index contributed by atoms with van der Waals surface area (Å²) >= 11 is 0. The molecular formula is C24H31N3O3. The molecule has 3 amide bonds. The first-order valence-corrected chi connectivity index (χ1v) is 11.1. The molecule has 0 radical (unpaired) electrons. The number of likely N-dealkylation sites (N-methyl/N-ethyl adjacent to an activating group) is 1. The molecule has 3 unspecified atom stereocenters. The third kappa shape index (κ3) is 3.64. The number of nitrogens with zero attached hydrogens (tertiary/aromatic N) is 2. The van der Waals surface area contributed by atoms with Gasteiger partial charge >= 0.3 is 0 Å². The summed E-state index contributed by atoms with van der Waals surface area (Å²) in [5.74, 6) is -1.12. The Balaban J connectivity index is 1.57. The lowest BCUT2D eigenvalue weighted by atomic mass is 9.85. The van der Waals surface area contributed by atoms with Gasteiger partial charge in [-0.15, -0.1) is 0 Å². The molecule has 1 aromatic carbocycles. The lowest BCUT2D eigenvalue weighted by Gasteiger charge is -2.27. The van der Waals surface area contributed by atoms with Crippen molar-refractivity contribution in [3.05, 3.63) is 35.9 Å². The Kier molecular flexibility index (Phi) is 5.67. The van der Waals surface area contributed by atoms with Gasteiger partial charge in [-0.3, -0.25) is 19.3 Å². The third-order valence-electron chi connectivity index (χ3n) is 6.58. The first-order chi connectivity index (χ1) is 14.4. The number of benzene rings is 1. The zero-order valence-electron chi connectivity index (χ0n) is 18.1. The number of likely N-dealkylation sites (tertiary alicyclic amines) is 1. The molecule has 3 aliphatic rings. The molecule has 1 fully saturated rings. The van der Waals surface area contributed by atoms with Crippen LogP contribution in [0.2, 0.25) is 0 Å². The van der Waals surface area contributed by atoms with Crippen LogP contribution in [0, 0.1) is 17.8 Å². The van der Waals surface area contributed by atoms with E-state index >= 15 is 0 Å². The van der Waals surface area contributed by atoms with E-state index in [2.05, 4.69) is 23.2 Å². The summed E-state index contributed by atoms with van der Waals surface area (Å²) in [7, 11) is 0. The van der Waals surface area contributed by atoms with E-state index in [1.807, 2.05) is 38.1 Å². The lowest BCUT2D eigenvalue weighted by molar-refractivity contribution is -0.147. The number of allylic oxidation sites excluding steroid dienone is 2. The van der Waals surface area contributed by atoms with Crippen molar-refractivity contribution in [2.45, 2.75) is 52.5 Å². The molecule has 160 valence electrons. The van der Waals surface area contributed by atoms with Gasteiger partial charge in [0.15, 0.2) is 0 Å². The summed E-state index contributed by atoms with van der Waals surface area (Å²) in [5, 5.41) is 2.99. The topological polar surface area (TPSA) is 69.7 Å². The van der Waals surface area contributed by atoms with Gasteiger partial charge in [0.2, 0.25) is 17.7 Å². The molecule has 2 heterocycles. The number of anilines is 2. The van der Waals surface area contributed by atoms with Crippen LogP contribution >= 0.6 is 0 Å². The molecule has 1 N–H and O–H groups in total. The monoisotopic (exact) mass is 409 g/mol. The van der Waals surface area contributed by atoms with E-state index in [1.165, 1.54) is 10.5 Å². The van der Waals surface area contributed by atoms with Crippen LogP contribution < -0.4 is 10.2 Å². The second-order valence-electron chi connectivity index (χ2n) is 9.01. The smallest absolute Gasteiger partial charge is 0.247 e. The Labute approximate surface area is 178 Å². The number of hydrogen-bond donors (Lipinski definition) is 1. The zero-order valence-corrected chi connectivity index (χ0v) is 18.1. The van der Waals surface area contributed by atoms with Crippen molar-refractivity contribution in [1.82, 2.24) is 4.90 Å². The number of carbonyl (C=O) groups excluding carboxylic acids is 3. The van der Waals surface area contributed by atoms with Gasteiger partial charge in [-0.1, -0.05) is 32.1 Å². The van der Waals surface area contributed by atoms with E-state index in [0.29, 0.717) is 24.9 Å². The molecular weight excluding hydrogens is 378 g/mol. The Hall–Kier alpha value is -2.63. The van der Waals surface area contributed by atoms with Crippen LogP contribution in [0.3, 0.4) is 0 Å². The SMILES string of the molecule is CCN1CCc2ccc(NC(=O)C(CC(C)C)N3C(=O)C4CC=CCC4C3=O)cc21. The maximum Gasteiger partial charge on any atom is 0.247 e. The molecule has 30 heavy (non-hydrogen) atoms. The summed E-state index contributed by atoms with van der Waals surface area (Å²) in [6.45, 7) is 8.06. The summed E-state index contributed by atoms with van der Waals surface area (Å²) in [6.07, 6.45) is 6.58. The maximum atomic E-state index is 13.3. The number of rotatable bonds is 6. The molecule has 1 aliphatic carbocycles. The summed E-state index contributed by atoms with van der Waals surface area (Å²) in [6, 6.07) is 5.21. The molecule has 4 rings (SSSR count). The van der Waals surface area contributed by atoms with Crippen molar-refractivity contribution < 1.29 is 14.4 Å². The van der Waals surface area contributed by atoms with E-state index in [4.69, 9.17) is 0 Å². The summed E-state index contributed by atoms with van der Waals surface area (Å²) in [5.41, 5.74) is 3.15. The average Bonchev–Trinajstić information content (AvgIpc) is 3.25. The van der Waals surface area contributed by atoms with Crippen LogP contribution in [0.1, 0.15) is 45.6 Å². The highest BCUT2D eigenvalue weighted by molar-refractivity contribution is 6.10. The van der Waals surface area contributed by atoms with Crippen LogP contribution in [0.25, 0.3) is 0 Å². The molecule has 2 aliphatic heterocycles. The molecule has 0 bridgehead atoms. The number of hydrogen-bond acceptors (Lipinski definition) is 4. The predicted octanol–water partition coefficient (Wildman–Crippen LogP) is 3.37. The van der Waals surface area contributed by atoms with Gasteiger partial charge in [0.1, 0.15) is 6.04 Å². The Morgan fingerprint density at radius 3 is 2.40 bits per heavy atom. The van der Waals surface area contributed by atoms with E-state index in [1.54, 1.807) is 0 Å². The van der Waals surface area contributed by atoms with Crippen LogP contribution in [0.5, 0.6) is 0 Å². The number of nitrogens with one attached hydrogen (secondary N) is 1. The minimum atomic E-state index is -0.772. The average molecular weight is 410 g/mol. The molecule has 3 atom stereocenters. The van der Waals surface area contributed by atoms with Crippen molar-refractivity contribution >= 4 is 29.1 Å². The molecule has 0 spiro atoms. The Morgan fingerprint density at radius 2 is 1.80 bits per heavy atom. The van der Waals surface area contributed by atoms with Crippen molar-refractivity contribution in [3.8, 4) is 0 Å².